The molecule has 1 aromatic heterocycles. The first kappa shape index (κ1) is 13.5. The number of carbonyl (C=O) groups is 1. The lowest BCUT2D eigenvalue weighted by atomic mass is 10.2. The van der Waals surface area contributed by atoms with Crippen LogP contribution in [0.3, 0.4) is 0 Å². The van der Waals surface area contributed by atoms with Gasteiger partial charge in [0.05, 0.1) is 13.2 Å². The smallest absolute Gasteiger partial charge is 0.413 e. The lowest BCUT2D eigenvalue weighted by molar-refractivity contribution is -0.0816. The molecule has 1 N–H and O–H groups in total. The summed E-state index contributed by atoms with van der Waals surface area (Å²) in [6, 6.07) is 3.24. The Morgan fingerprint density at radius 3 is 2.58 bits per heavy atom. The highest BCUT2D eigenvalue weighted by Gasteiger charge is 2.21. The Kier molecular flexibility index (Phi) is 3.84. The zero-order valence-corrected chi connectivity index (χ0v) is 11.2. The molecule has 1 saturated heterocycles. The van der Waals surface area contributed by atoms with Crippen LogP contribution in [0.1, 0.15) is 20.8 Å². The lowest BCUT2D eigenvalue weighted by Crippen LogP contribution is -2.38. The van der Waals surface area contributed by atoms with Crippen LogP contribution >= 0.6 is 0 Å². The fraction of sp³-hybridized carbons (Fsp3) is 0.583. The third-order valence-electron chi connectivity index (χ3n) is 2.16. The summed E-state index contributed by atoms with van der Waals surface area (Å²) >= 11 is 0. The van der Waals surface area contributed by atoms with Crippen LogP contribution in [0.4, 0.5) is 10.6 Å². The van der Waals surface area contributed by atoms with E-state index in [1.54, 1.807) is 32.9 Å². The molecule has 1 fully saturated rings. The molecule has 1 amide bonds. The molecule has 0 aliphatic carbocycles. The van der Waals surface area contributed by atoms with Gasteiger partial charge in [0, 0.05) is 6.07 Å². The number of aromatic nitrogens is 2. The van der Waals surface area contributed by atoms with Crippen LogP contribution in [0.2, 0.25) is 0 Å². The molecule has 1 aromatic rings. The zero-order chi connectivity index (χ0) is 13.9. The van der Waals surface area contributed by atoms with Crippen molar-refractivity contribution >= 4 is 11.9 Å². The second kappa shape index (κ2) is 5.40. The molecular weight excluding hydrogens is 250 g/mol. The summed E-state index contributed by atoms with van der Waals surface area (Å²) in [4.78, 5) is 11.5. The van der Waals surface area contributed by atoms with Crippen molar-refractivity contribution in [2.75, 3.05) is 18.5 Å². The molecule has 0 saturated carbocycles. The van der Waals surface area contributed by atoms with Crippen LogP contribution in [-0.2, 0) is 9.47 Å². The molecule has 2 heterocycles. The predicted molar refractivity (Wildman–Crippen MR) is 67.1 cm³/mol. The summed E-state index contributed by atoms with van der Waals surface area (Å²) in [5.74, 6) is 0.717. The van der Waals surface area contributed by atoms with E-state index in [1.165, 1.54) is 0 Å². The second-order valence-electron chi connectivity index (χ2n) is 5.16. The van der Waals surface area contributed by atoms with Crippen LogP contribution in [0.25, 0.3) is 0 Å². The van der Waals surface area contributed by atoms with Gasteiger partial charge in [-0.1, -0.05) is 0 Å². The van der Waals surface area contributed by atoms with E-state index in [0.717, 1.165) is 0 Å². The van der Waals surface area contributed by atoms with Gasteiger partial charge >= 0.3 is 6.09 Å². The van der Waals surface area contributed by atoms with Crippen LogP contribution < -0.4 is 10.1 Å². The Morgan fingerprint density at radius 2 is 2.11 bits per heavy atom. The maximum absolute atomic E-state index is 11.5. The fourth-order valence-corrected chi connectivity index (χ4v) is 1.31. The Hall–Kier alpha value is -1.89. The summed E-state index contributed by atoms with van der Waals surface area (Å²) < 4.78 is 15.5. The van der Waals surface area contributed by atoms with Crippen molar-refractivity contribution < 1.29 is 19.0 Å². The molecule has 19 heavy (non-hydrogen) atoms. The van der Waals surface area contributed by atoms with Gasteiger partial charge in [-0.3, -0.25) is 5.32 Å². The Labute approximate surface area is 111 Å². The molecule has 7 nitrogen and oxygen atoms in total. The molecule has 2 rings (SSSR count). The highest BCUT2D eigenvalue weighted by atomic mass is 16.6. The van der Waals surface area contributed by atoms with E-state index >= 15 is 0 Å². The topological polar surface area (TPSA) is 82.6 Å². The minimum absolute atomic E-state index is 0.0407. The number of nitrogens with one attached hydrogen (secondary N) is 1. The molecule has 0 spiro atoms. The van der Waals surface area contributed by atoms with Gasteiger partial charge in [0.2, 0.25) is 5.88 Å². The molecule has 1 aliphatic heterocycles. The average molecular weight is 267 g/mol. The maximum atomic E-state index is 11.5. The SMILES string of the molecule is CC(C)(C)OC(=O)Nc1ccc(OC2COC2)nn1. The van der Waals surface area contributed by atoms with Gasteiger partial charge in [-0.25, -0.2) is 4.79 Å². The third-order valence-corrected chi connectivity index (χ3v) is 2.16. The van der Waals surface area contributed by atoms with Crippen LogP contribution in [-0.4, -0.2) is 41.2 Å². The quantitative estimate of drug-likeness (QED) is 0.895. The number of amides is 1. The Balaban J connectivity index is 1.85. The number of nitrogens with zero attached hydrogens (tertiary/aromatic N) is 2. The van der Waals surface area contributed by atoms with E-state index in [1.807, 2.05) is 0 Å². The number of hydrogen-bond acceptors (Lipinski definition) is 6. The van der Waals surface area contributed by atoms with Crippen molar-refractivity contribution in [1.29, 1.82) is 0 Å². The summed E-state index contributed by atoms with van der Waals surface area (Å²) in [6.07, 6.45) is -0.526. The molecule has 0 bridgehead atoms. The first-order valence-corrected chi connectivity index (χ1v) is 6.00. The predicted octanol–water partition coefficient (Wildman–Crippen LogP) is 1.60. The van der Waals surface area contributed by atoms with Crippen LogP contribution in [0.5, 0.6) is 5.88 Å². The van der Waals surface area contributed by atoms with Crippen LogP contribution in [0, 0.1) is 0 Å². The van der Waals surface area contributed by atoms with Gasteiger partial charge < -0.3 is 14.2 Å². The Morgan fingerprint density at radius 1 is 1.37 bits per heavy atom. The highest BCUT2D eigenvalue weighted by molar-refractivity contribution is 5.83. The summed E-state index contributed by atoms with van der Waals surface area (Å²) in [6.45, 7) is 6.50. The van der Waals surface area contributed by atoms with Gasteiger partial charge in [0.25, 0.3) is 0 Å². The molecule has 0 atom stereocenters. The van der Waals surface area contributed by atoms with Gasteiger partial charge in [-0.15, -0.1) is 10.2 Å². The fourth-order valence-electron chi connectivity index (χ4n) is 1.31. The normalized spacial score (nSPS) is 15.5. The molecule has 104 valence electrons. The van der Waals surface area contributed by atoms with E-state index < -0.39 is 11.7 Å². The summed E-state index contributed by atoms with van der Waals surface area (Å²) in [5.41, 5.74) is -0.551. The minimum Gasteiger partial charge on any atom is -0.468 e. The lowest BCUT2D eigenvalue weighted by Gasteiger charge is -2.25. The van der Waals surface area contributed by atoms with Crippen molar-refractivity contribution in [2.24, 2.45) is 0 Å². The maximum Gasteiger partial charge on any atom is 0.413 e. The van der Waals surface area contributed by atoms with Crippen LogP contribution in [0.15, 0.2) is 12.1 Å². The molecule has 0 radical (unpaired) electrons. The van der Waals surface area contributed by atoms with Crippen molar-refractivity contribution in [3.63, 3.8) is 0 Å². The monoisotopic (exact) mass is 267 g/mol. The molecule has 0 aromatic carbocycles. The van der Waals surface area contributed by atoms with Gasteiger partial charge in [-0.2, -0.15) is 0 Å². The summed E-state index contributed by atoms with van der Waals surface area (Å²) in [5, 5.41) is 10.2. The van der Waals surface area contributed by atoms with E-state index in [2.05, 4.69) is 15.5 Å². The zero-order valence-electron chi connectivity index (χ0n) is 11.2. The molecule has 0 unspecified atom stereocenters. The second-order valence-corrected chi connectivity index (χ2v) is 5.16. The number of anilines is 1. The van der Waals surface area contributed by atoms with Crippen molar-refractivity contribution in [2.45, 2.75) is 32.5 Å². The van der Waals surface area contributed by atoms with Gasteiger partial charge in [0.1, 0.15) is 11.7 Å². The number of rotatable bonds is 3. The Bertz CT molecular complexity index is 437. The van der Waals surface area contributed by atoms with E-state index in [-0.39, 0.29) is 6.10 Å². The largest absolute Gasteiger partial charge is 0.468 e. The van der Waals surface area contributed by atoms with E-state index in [0.29, 0.717) is 24.9 Å². The van der Waals surface area contributed by atoms with E-state index in [9.17, 15) is 4.79 Å². The molecule has 1 aliphatic rings. The first-order valence-electron chi connectivity index (χ1n) is 6.00. The van der Waals surface area contributed by atoms with Crippen molar-refractivity contribution in [3.05, 3.63) is 12.1 Å². The van der Waals surface area contributed by atoms with Gasteiger partial charge in [0.15, 0.2) is 5.82 Å². The highest BCUT2D eigenvalue weighted by Crippen LogP contribution is 2.14. The van der Waals surface area contributed by atoms with Crippen molar-refractivity contribution in [1.82, 2.24) is 10.2 Å². The number of ether oxygens (including phenoxy) is 3. The standard InChI is InChI=1S/C12H17N3O4/c1-12(2,3)19-11(16)13-9-4-5-10(15-14-9)18-8-6-17-7-8/h4-5,8H,6-7H2,1-3H3,(H,13,14,16). The van der Waals surface area contributed by atoms with E-state index in [4.69, 9.17) is 14.2 Å². The average Bonchev–Trinajstić information content (AvgIpc) is 2.23. The molecule has 7 heteroatoms. The number of hydrogen-bond donors (Lipinski definition) is 1. The first-order chi connectivity index (χ1) is 8.92. The third kappa shape index (κ3) is 4.36. The van der Waals surface area contributed by atoms with Gasteiger partial charge in [-0.05, 0) is 26.8 Å². The van der Waals surface area contributed by atoms with Crippen molar-refractivity contribution in [3.8, 4) is 5.88 Å². The number of carbonyl (C=O) groups excluding carboxylic acids is 1. The minimum atomic E-state index is -0.567. The molecular formula is C12H17N3O4. The summed E-state index contributed by atoms with van der Waals surface area (Å²) in [7, 11) is 0.